The average Bonchev–Trinajstić information content (AvgIpc) is 2.37. The van der Waals surface area contributed by atoms with E-state index in [1.165, 1.54) is 6.20 Å². The molecular weight excluding hydrogens is 351 g/mol. The predicted octanol–water partition coefficient (Wildman–Crippen LogP) is 4.71. The summed E-state index contributed by atoms with van der Waals surface area (Å²) in [6.07, 6.45) is 1.50. The number of aromatic nitrogens is 1. The van der Waals surface area contributed by atoms with Crippen LogP contribution >= 0.6 is 39.1 Å². The Bertz CT molecular complexity index is 647. The van der Waals surface area contributed by atoms with Crippen molar-refractivity contribution in [2.24, 2.45) is 0 Å². The number of anilines is 1. The molecule has 0 radical (unpaired) electrons. The quantitative estimate of drug-likeness (QED) is 0.789. The van der Waals surface area contributed by atoms with Gasteiger partial charge in [0.25, 0.3) is 5.91 Å². The van der Waals surface area contributed by atoms with E-state index in [0.717, 1.165) is 5.56 Å². The number of aryl methyl sites for hydroxylation is 1. The summed E-state index contributed by atoms with van der Waals surface area (Å²) in [6, 6.07) is 6.92. The third-order valence-corrected chi connectivity index (χ3v) is 4.16. The number of nitrogens with one attached hydrogen (secondary N) is 1. The Morgan fingerprint density at radius 3 is 2.79 bits per heavy atom. The molecule has 2 aromatic rings. The molecule has 1 N–H and O–H groups in total. The third kappa shape index (κ3) is 3.26. The van der Waals surface area contributed by atoms with Gasteiger partial charge in [-0.05, 0) is 46.6 Å². The van der Waals surface area contributed by atoms with Gasteiger partial charge in [0.2, 0.25) is 0 Å². The zero-order chi connectivity index (χ0) is 14.0. The highest BCUT2D eigenvalue weighted by Crippen LogP contribution is 2.26. The minimum Gasteiger partial charge on any atom is -0.321 e. The fourth-order valence-corrected chi connectivity index (χ4v) is 2.19. The molecule has 0 unspecified atom stereocenters. The molecule has 0 aliphatic carbocycles. The van der Waals surface area contributed by atoms with E-state index < -0.39 is 0 Å². The maximum absolute atomic E-state index is 12.1. The molecule has 19 heavy (non-hydrogen) atoms. The fraction of sp³-hybridized carbons (Fsp3) is 0.0769. The van der Waals surface area contributed by atoms with E-state index in [2.05, 4.69) is 26.2 Å². The van der Waals surface area contributed by atoms with E-state index in [9.17, 15) is 4.79 Å². The second-order valence-corrected chi connectivity index (χ2v) is 5.48. The fourth-order valence-electron chi connectivity index (χ4n) is 1.50. The molecule has 98 valence electrons. The van der Waals surface area contributed by atoms with Crippen LogP contribution in [0.5, 0.6) is 0 Å². The third-order valence-electron chi connectivity index (χ3n) is 2.47. The van der Waals surface area contributed by atoms with Gasteiger partial charge in [-0.1, -0.05) is 29.3 Å². The summed E-state index contributed by atoms with van der Waals surface area (Å²) in [5, 5.41) is 3.52. The lowest BCUT2D eigenvalue weighted by molar-refractivity contribution is 0.102. The first kappa shape index (κ1) is 14.3. The molecule has 1 heterocycles. The Labute approximate surface area is 129 Å². The van der Waals surface area contributed by atoms with Gasteiger partial charge in [-0.3, -0.25) is 4.79 Å². The molecule has 0 saturated carbocycles. The first-order valence-electron chi connectivity index (χ1n) is 5.36. The van der Waals surface area contributed by atoms with Crippen molar-refractivity contribution in [1.29, 1.82) is 0 Å². The molecule has 0 spiro atoms. The van der Waals surface area contributed by atoms with Crippen molar-refractivity contribution in [2.45, 2.75) is 6.92 Å². The van der Waals surface area contributed by atoms with Crippen LogP contribution < -0.4 is 5.32 Å². The molecular formula is C13H9BrCl2N2O. The number of rotatable bonds is 2. The Morgan fingerprint density at radius 2 is 2.11 bits per heavy atom. The van der Waals surface area contributed by atoms with Crippen molar-refractivity contribution in [1.82, 2.24) is 4.98 Å². The number of nitrogens with zero attached hydrogens (tertiary/aromatic N) is 1. The molecule has 1 aromatic carbocycles. The Kier molecular flexibility index (Phi) is 4.45. The molecule has 0 saturated heterocycles. The van der Waals surface area contributed by atoms with Crippen molar-refractivity contribution in [3.63, 3.8) is 0 Å². The zero-order valence-electron chi connectivity index (χ0n) is 9.88. The number of hydrogen-bond acceptors (Lipinski definition) is 2. The number of benzene rings is 1. The highest BCUT2D eigenvalue weighted by atomic mass is 79.9. The van der Waals surface area contributed by atoms with Crippen LogP contribution in [0, 0.1) is 6.92 Å². The summed E-state index contributed by atoms with van der Waals surface area (Å²) in [7, 11) is 0. The summed E-state index contributed by atoms with van der Waals surface area (Å²) in [5.41, 5.74) is 1.76. The summed E-state index contributed by atoms with van der Waals surface area (Å²) in [4.78, 5) is 16.1. The molecule has 0 fully saturated rings. The maximum Gasteiger partial charge on any atom is 0.257 e. The number of amides is 1. The molecule has 3 nitrogen and oxygen atoms in total. The van der Waals surface area contributed by atoms with Gasteiger partial charge < -0.3 is 5.32 Å². The lowest BCUT2D eigenvalue weighted by atomic mass is 10.2. The number of carbonyl (C=O) groups is 1. The van der Waals surface area contributed by atoms with E-state index in [1.54, 1.807) is 24.3 Å². The number of carbonyl (C=O) groups excluding carboxylic acids is 1. The number of hydrogen-bond donors (Lipinski definition) is 1. The highest BCUT2D eigenvalue weighted by Gasteiger charge is 2.13. The lowest BCUT2D eigenvalue weighted by Crippen LogP contribution is -2.13. The van der Waals surface area contributed by atoms with Crippen LogP contribution in [0.15, 0.2) is 34.9 Å². The molecule has 2 rings (SSSR count). The summed E-state index contributed by atoms with van der Waals surface area (Å²) in [5.74, 6) is -0.296. The zero-order valence-corrected chi connectivity index (χ0v) is 13.0. The van der Waals surface area contributed by atoms with Crippen molar-refractivity contribution >= 4 is 50.7 Å². The van der Waals surface area contributed by atoms with Gasteiger partial charge in [0.15, 0.2) is 0 Å². The molecule has 0 aliphatic rings. The van der Waals surface area contributed by atoms with E-state index in [-0.39, 0.29) is 5.91 Å². The van der Waals surface area contributed by atoms with Crippen molar-refractivity contribution in [3.8, 4) is 0 Å². The summed E-state index contributed by atoms with van der Waals surface area (Å²) >= 11 is 15.2. The maximum atomic E-state index is 12.1. The van der Waals surface area contributed by atoms with E-state index in [0.29, 0.717) is 25.9 Å². The SMILES string of the molecule is Cc1cc(NC(=O)c2cccc(Br)c2Cl)cnc1Cl. The Hall–Kier alpha value is -1.10. The summed E-state index contributed by atoms with van der Waals surface area (Å²) < 4.78 is 0.673. The molecule has 6 heteroatoms. The van der Waals surface area contributed by atoms with Crippen LogP contribution in [0.1, 0.15) is 15.9 Å². The van der Waals surface area contributed by atoms with Crippen LogP contribution in [-0.4, -0.2) is 10.9 Å². The number of pyridine rings is 1. The van der Waals surface area contributed by atoms with Crippen LogP contribution in [0.25, 0.3) is 0 Å². The van der Waals surface area contributed by atoms with E-state index in [4.69, 9.17) is 23.2 Å². The molecule has 0 aliphatic heterocycles. The van der Waals surface area contributed by atoms with Crippen molar-refractivity contribution in [3.05, 3.63) is 56.2 Å². The standard InChI is InChI=1S/C13H9BrCl2N2O/c1-7-5-8(6-17-12(7)16)18-13(19)9-3-2-4-10(14)11(9)15/h2-6H,1H3,(H,18,19). The van der Waals surface area contributed by atoms with Crippen molar-refractivity contribution < 1.29 is 4.79 Å². The van der Waals surface area contributed by atoms with Crippen LogP contribution in [0.2, 0.25) is 10.2 Å². The lowest BCUT2D eigenvalue weighted by Gasteiger charge is -2.08. The van der Waals surface area contributed by atoms with Crippen LogP contribution in [-0.2, 0) is 0 Å². The van der Waals surface area contributed by atoms with E-state index >= 15 is 0 Å². The minimum atomic E-state index is -0.296. The Morgan fingerprint density at radius 1 is 1.37 bits per heavy atom. The molecule has 1 amide bonds. The van der Waals surface area contributed by atoms with Crippen LogP contribution in [0.3, 0.4) is 0 Å². The first-order chi connectivity index (χ1) is 8.99. The molecule has 0 bridgehead atoms. The Balaban J connectivity index is 2.26. The van der Waals surface area contributed by atoms with Crippen LogP contribution in [0.4, 0.5) is 5.69 Å². The first-order valence-corrected chi connectivity index (χ1v) is 6.91. The monoisotopic (exact) mass is 358 g/mol. The highest BCUT2D eigenvalue weighted by molar-refractivity contribution is 9.10. The van der Waals surface area contributed by atoms with Gasteiger partial charge in [-0.2, -0.15) is 0 Å². The van der Waals surface area contributed by atoms with Gasteiger partial charge in [0.1, 0.15) is 5.15 Å². The average molecular weight is 360 g/mol. The normalized spacial score (nSPS) is 10.3. The molecule has 0 atom stereocenters. The minimum absolute atomic E-state index is 0.296. The van der Waals surface area contributed by atoms with Gasteiger partial charge in [-0.15, -0.1) is 0 Å². The van der Waals surface area contributed by atoms with Crippen molar-refractivity contribution in [2.75, 3.05) is 5.32 Å². The second kappa shape index (κ2) is 5.90. The summed E-state index contributed by atoms with van der Waals surface area (Å²) in [6.45, 7) is 1.82. The molecule has 1 aromatic heterocycles. The van der Waals surface area contributed by atoms with Gasteiger partial charge in [0, 0.05) is 4.47 Å². The smallest absolute Gasteiger partial charge is 0.257 e. The van der Waals surface area contributed by atoms with Gasteiger partial charge in [0.05, 0.1) is 22.5 Å². The van der Waals surface area contributed by atoms with Gasteiger partial charge >= 0.3 is 0 Å². The predicted molar refractivity (Wildman–Crippen MR) is 81.1 cm³/mol. The second-order valence-electron chi connectivity index (χ2n) is 3.89. The number of halogens is 3. The largest absolute Gasteiger partial charge is 0.321 e. The topological polar surface area (TPSA) is 42.0 Å². The van der Waals surface area contributed by atoms with E-state index in [1.807, 2.05) is 6.92 Å². The van der Waals surface area contributed by atoms with Gasteiger partial charge in [-0.25, -0.2) is 4.98 Å².